The van der Waals surface area contributed by atoms with Gasteiger partial charge in [-0.15, -0.1) is 0 Å². The van der Waals surface area contributed by atoms with E-state index < -0.39 is 0 Å². The van der Waals surface area contributed by atoms with E-state index in [0.717, 1.165) is 0 Å². The van der Waals surface area contributed by atoms with Crippen molar-refractivity contribution in [2.24, 2.45) is 0 Å². The number of aryl methyl sites for hydroxylation is 2. The average Bonchev–Trinajstić information content (AvgIpc) is 2.55. The van der Waals surface area contributed by atoms with Crippen LogP contribution in [0.25, 0.3) is 11.1 Å². The lowest BCUT2D eigenvalue weighted by Crippen LogP contribution is -1.85. The average molecular weight is 240 g/mol. The summed E-state index contributed by atoms with van der Waals surface area (Å²) in [6.07, 6.45) is 6.62. The largest absolute Gasteiger partial charge is 0.0654 e. The van der Waals surface area contributed by atoms with Crippen LogP contribution in [0.3, 0.4) is 0 Å². The smallest absolute Gasteiger partial charge is 0.0149 e. The van der Waals surface area contributed by atoms with Gasteiger partial charge in [-0.1, -0.05) is 56.5 Å². The fraction of sp³-hybridized carbons (Fsp3) is 0.444. The minimum atomic E-state index is 1.24. The first-order chi connectivity index (χ1) is 8.74. The standard InChI is InChI=1S/C18H24/c1-4-5-6-7-11-16-13-18-14(2)10-8-9-12-17(18)15(16)3/h8-10,12-13H,4-7,11H2,1-3H3. The van der Waals surface area contributed by atoms with E-state index in [-0.39, 0.29) is 0 Å². The van der Waals surface area contributed by atoms with Crippen LogP contribution in [-0.4, -0.2) is 0 Å². The van der Waals surface area contributed by atoms with E-state index in [2.05, 4.69) is 51.1 Å². The minimum absolute atomic E-state index is 1.24. The van der Waals surface area contributed by atoms with Crippen LogP contribution in [0.15, 0.2) is 30.3 Å². The molecule has 0 bridgehead atoms. The van der Waals surface area contributed by atoms with Crippen molar-refractivity contribution in [3.63, 3.8) is 0 Å². The Balaban J connectivity index is 2.22. The lowest BCUT2D eigenvalue weighted by atomic mass is 10.0. The van der Waals surface area contributed by atoms with Gasteiger partial charge in [0.25, 0.3) is 0 Å². The van der Waals surface area contributed by atoms with E-state index in [9.17, 15) is 0 Å². The van der Waals surface area contributed by atoms with E-state index in [4.69, 9.17) is 0 Å². The summed E-state index contributed by atoms with van der Waals surface area (Å²) >= 11 is 0. The van der Waals surface area contributed by atoms with Crippen molar-refractivity contribution < 1.29 is 0 Å². The zero-order valence-corrected chi connectivity index (χ0v) is 11.9. The molecule has 0 aromatic carbocycles. The molecule has 0 radical (unpaired) electrons. The lowest BCUT2D eigenvalue weighted by molar-refractivity contribution is 0.666. The first-order valence-electron chi connectivity index (χ1n) is 7.22. The Morgan fingerprint density at radius 1 is 0.889 bits per heavy atom. The molecule has 0 amide bonds. The molecule has 0 spiro atoms. The van der Waals surface area contributed by atoms with Crippen molar-refractivity contribution in [3.05, 3.63) is 47.0 Å². The van der Waals surface area contributed by atoms with Crippen LogP contribution in [0.1, 0.15) is 49.3 Å². The summed E-state index contributed by atoms with van der Waals surface area (Å²) in [4.78, 5) is 0. The highest BCUT2D eigenvalue weighted by Gasteiger charge is 2.12. The Bertz CT molecular complexity index is 482. The van der Waals surface area contributed by atoms with Crippen LogP contribution in [-0.2, 0) is 6.42 Å². The molecule has 0 heteroatoms. The molecular weight excluding hydrogens is 216 g/mol. The topological polar surface area (TPSA) is 0 Å². The van der Waals surface area contributed by atoms with Crippen LogP contribution in [0.5, 0.6) is 0 Å². The zero-order valence-electron chi connectivity index (χ0n) is 11.9. The van der Waals surface area contributed by atoms with Gasteiger partial charge in [0.1, 0.15) is 0 Å². The Morgan fingerprint density at radius 3 is 2.44 bits per heavy atom. The molecule has 0 heterocycles. The summed E-state index contributed by atoms with van der Waals surface area (Å²) in [6, 6.07) is 11.2. The number of fused-ring (bicyclic) bond motifs is 1. The molecule has 2 aliphatic carbocycles. The third-order valence-corrected chi connectivity index (χ3v) is 3.94. The maximum atomic E-state index is 2.41. The molecule has 0 saturated heterocycles. The normalized spacial score (nSPS) is 11.1. The third kappa shape index (κ3) is 2.75. The molecule has 2 rings (SSSR count). The first-order valence-corrected chi connectivity index (χ1v) is 7.22. The molecule has 0 aliphatic heterocycles. The Labute approximate surface area is 111 Å². The Morgan fingerprint density at radius 2 is 1.67 bits per heavy atom. The highest BCUT2D eigenvalue weighted by atomic mass is 14.2. The highest BCUT2D eigenvalue weighted by Crippen LogP contribution is 2.33. The van der Waals surface area contributed by atoms with Crippen molar-refractivity contribution in [2.45, 2.75) is 52.9 Å². The number of hydrogen-bond acceptors (Lipinski definition) is 0. The van der Waals surface area contributed by atoms with E-state index in [0.29, 0.717) is 0 Å². The fourth-order valence-corrected chi connectivity index (χ4v) is 2.72. The van der Waals surface area contributed by atoms with Crippen LogP contribution in [0.2, 0.25) is 0 Å². The second-order valence-corrected chi connectivity index (χ2v) is 5.33. The number of hydrogen-bond donors (Lipinski definition) is 0. The molecular formula is C18H24. The predicted octanol–water partition coefficient (Wildman–Crippen LogP) is 5.53. The second-order valence-electron chi connectivity index (χ2n) is 5.33. The maximum Gasteiger partial charge on any atom is -0.0149 e. The first kappa shape index (κ1) is 13.1. The molecule has 0 N–H and O–H groups in total. The predicted molar refractivity (Wildman–Crippen MR) is 80.4 cm³/mol. The molecule has 0 atom stereocenters. The summed E-state index contributed by atoms with van der Waals surface area (Å²) in [5.41, 5.74) is 7.29. The van der Waals surface area contributed by atoms with Gasteiger partial charge >= 0.3 is 0 Å². The summed E-state index contributed by atoms with van der Waals surface area (Å²) < 4.78 is 0. The SMILES string of the molecule is CCCCCCc1cc2c(C)ccccc-2c1C. The Kier molecular flexibility index (Phi) is 4.41. The molecule has 96 valence electrons. The van der Waals surface area contributed by atoms with Gasteiger partial charge in [-0.05, 0) is 54.5 Å². The van der Waals surface area contributed by atoms with Gasteiger partial charge in [-0.3, -0.25) is 0 Å². The van der Waals surface area contributed by atoms with Gasteiger partial charge in [0.2, 0.25) is 0 Å². The highest BCUT2D eigenvalue weighted by molar-refractivity contribution is 5.75. The van der Waals surface area contributed by atoms with Crippen molar-refractivity contribution in [2.75, 3.05) is 0 Å². The molecule has 0 saturated carbocycles. The molecule has 2 aliphatic rings. The molecule has 0 nitrogen and oxygen atoms in total. The van der Waals surface area contributed by atoms with E-state index in [1.54, 1.807) is 5.56 Å². The fourth-order valence-electron chi connectivity index (χ4n) is 2.72. The third-order valence-electron chi connectivity index (χ3n) is 3.94. The van der Waals surface area contributed by atoms with Gasteiger partial charge in [0, 0.05) is 0 Å². The van der Waals surface area contributed by atoms with Crippen LogP contribution < -0.4 is 0 Å². The number of unbranched alkanes of at least 4 members (excludes halogenated alkanes) is 3. The van der Waals surface area contributed by atoms with Gasteiger partial charge in [-0.2, -0.15) is 0 Å². The monoisotopic (exact) mass is 240 g/mol. The summed E-state index contributed by atoms with van der Waals surface area (Å²) in [5.74, 6) is 0. The van der Waals surface area contributed by atoms with Gasteiger partial charge in [0.05, 0.1) is 0 Å². The lowest BCUT2D eigenvalue weighted by Gasteiger charge is -2.00. The zero-order chi connectivity index (χ0) is 13.0. The van der Waals surface area contributed by atoms with E-state index in [1.807, 2.05) is 0 Å². The quantitative estimate of drug-likeness (QED) is 0.603. The van der Waals surface area contributed by atoms with Crippen LogP contribution in [0.4, 0.5) is 0 Å². The molecule has 0 aromatic rings. The number of rotatable bonds is 5. The molecule has 0 fully saturated rings. The van der Waals surface area contributed by atoms with E-state index in [1.165, 1.54) is 54.4 Å². The molecule has 0 unspecified atom stereocenters. The summed E-state index contributed by atoms with van der Waals surface area (Å²) in [5, 5.41) is 0. The van der Waals surface area contributed by atoms with E-state index >= 15 is 0 Å². The summed E-state index contributed by atoms with van der Waals surface area (Å²) in [6.45, 7) is 6.75. The van der Waals surface area contributed by atoms with Gasteiger partial charge < -0.3 is 0 Å². The Hall–Kier alpha value is -1.30. The molecule has 0 aromatic heterocycles. The minimum Gasteiger partial charge on any atom is -0.0654 e. The van der Waals surface area contributed by atoms with Crippen molar-refractivity contribution in [3.8, 4) is 11.1 Å². The van der Waals surface area contributed by atoms with Crippen LogP contribution >= 0.6 is 0 Å². The summed E-state index contributed by atoms with van der Waals surface area (Å²) in [7, 11) is 0. The van der Waals surface area contributed by atoms with Crippen molar-refractivity contribution >= 4 is 0 Å². The van der Waals surface area contributed by atoms with Crippen molar-refractivity contribution in [1.29, 1.82) is 0 Å². The maximum absolute atomic E-state index is 2.41. The van der Waals surface area contributed by atoms with Gasteiger partial charge in [-0.25, -0.2) is 0 Å². The van der Waals surface area contributed by atoms with Crippen molar-refractivity contribution in [1.82, 2.24) is 0 Å². The molecule has 18 heavy (non-hydrogen) atoms. The second kappa shape index (κ2) is 6.04. The van der Waals surface area contributed by atoms with Gasteiger partial charge in [0.15, 0.2) is 0 Å². The van der Waals surface area contributed by atoms with Crippen LogP contribution in [0, 0.1) is 13.8 Å².